The second kappa shape index (κ2) is 9.25. The molecule has 0 spiro atoms. The first kappa shape index (κ1) is 22.2. The summed E-state index contributed by atoms with van der Waals surface area (Å²) in [6.45, 7) is 8.83. The number of carbonyl (C=O) groups excluding carboxylic acids is 1. The Balaban J connectivity index is 1.64. The van der Waals surface area contributed by atoms with Crippen LogP contribution in [0.3, 0.4) is 0 Å². The molecule has 0 saturated heterocycles. The van der Waals surface area contributed by atoms with E-state index in [1.165, 1.54) is 29.0 Å². The van der Waals surface area contributed by atoms with Gasteiger partial charge in [-0.05, 0) is 36.8 Å². The Morgan fingerprint density at radius 2 is 1.81 bits per heavy atom. The number of hydrogen-bond acceptors (Lipinski definition) is 3. The Morgan fingerprint density at radius 1 is 1.12 bits per heavy atom. The molecule has 1 aliphatic heterocycles. The molecule has 168 valence electrons. The van der Waals surface area contributed by atoms with Crippen molar-refractivity contribution < 1.29 is 9.18 Å². The summed E-state index contributed by atoms with van der Waals surface area (Å²) < 4.78 is 15.3. The van der Waals surface area contributed by atoms with Gasteiger partial charge in [0.2, 0.25) is 5.91 Å². The van der Waals surface area contributed by atoms with Crippen molar-refractivity contribution in [3.8, 4) is 5.69 Å². The molecule has 5 nitrogen and oxygen atoms in total. The van der Waals surface area contributed by atoms with E-state index in [-0.39, 0.29) is 17.6 Å². The van der Waals surface area contributed by atoms with Crippen molar-refractivity contribution in [2.75, 3.05) is 13.6 Å². The summed E-state index contributed by atoms with van der Waals surface area (Å²) in [6, 6.07) is 15.1. The predicted octanol–water partition coefficient (Wildman–Crippen LogP) is 4.49. The average molecular weight is 435 g/mol. The molecule has 0 saturated carbocycles. The van der Waals surface area contributed by atoms with E-state index in [4.69, 9.17) is 5.10 Å². The Bertz CT molecular complexity index is 1090. The van der Waals surface area contributed by atoms with E-state index in [1.807, 2.05) is 37.7 Å². The molecule has 2 aromatic carbocycles. The molecule has 0 aliphatic carbocycles. The summed E-state index contributed by atoms with van der Waals surface area (Å²) in [4.78, 5) is 16.6. The summed E-state index contributed by atoms with van der Waals surface area (Å²) in [6.07, 6.45) is 0.874. The SMILES string of the molecule is Cc1ccc(-n2nc(CN(C)C(=O)C(C)C)c3c2CCN(Cc2ccc(F)cc2)C3)cc1. The van der Waals surface area contributed by atoms with Crippen LogP contribution in [0, 0.1) is 18.7 Å². The number of aryl methyl sites for hydroxylation is 1. The van der Waals surface area contributed by atoms with Crippen molar-refractivity contribution in [1.29, 1.82) is 0 Å². The van der Waals surface area contributed by atoms with Crippen LogP contribution in [-0.2, 0) is 30.8 Å². The van der Waals surface area contributed by atoms with Crippen molar-refractivity contribution in [2.24, 2.45) is 5.92 Å². The lowest BCUT2D eigenvalue weighted by molar-refractivity contribution is -0.133. The molecule has 1 amide bonds. The van der Waals surface area contributed by atoms with Crippen LogP contribution in [-0.4, -0.2) is 39.1 Å². The van der Waals surface area contributed by atoms with Crippen LogP contribution in [0.4, 0.5) is 4.39 Å². The van der Waals surface area contributed by atoms with Crippen LogP contribution in [0.15, 0.2) is 48.5 Å². The van der Waals surface area contributed by atoms with Gasteiger partial charge < -0.3 is 4.90 Å². The maximum atomic E-state index is 13.3. The summed E-state index contributed by atoms with van der Waals surface area (Å²) >= 11 is 0. The van der Waals surface area contributed by atoms with Gasteiger partial charge in [-0.3, -0.25) is 9.69 Å². The van der Waals surface area contributed by atoms with Crippen LogP contribution in [0.25, 0.3) is 5.69 Å². The number of carbonyl (C=O) groups is 1. The second-order valence-corrected chi connectivity index (χ2v) is 9.06. The second-order valence-electron chi connectivity index (χ2n) is 9.06. The molecule has 2 heterocycles. The van der Waals surface area contributed by atoms with Gasteiger partial charge in [0.15, 0.2) is 0 Å². The normalized spacial score (nSPS) is 13.9. The van der Waals surface area contributed by atoms with Crippen molar-refractivity contribution in [2.45, 2.75) is 46.8 Å². The fourth-order valence-electron chi connectivity index (χ4n) is 4.29. The zero-order valence-electron chi connectivity index (χ0n) is 19.3. The average Bonchev–Trinajstić information content (AvgIpc) is 3.13. The summed E-state index contributed by atoms with van der Waals surface area (Å²) in [7, 11) is 1.85. The van der Waals surface area contributed by atoms with Gasteiger partial charge in [0.05, 0.1) is 23.6 Å². The van der Waals surface area contributed by atoms with Gasteiger partial charge in [-0.1, -0.05) is 43.7 Å². The molecule has 0 unspecified atom stereocenters. The molecular weight excluding hydrogens is 403 g/mol. The quantitative estimate of drug-likeness (QED) is 0.574. The van der Waals surface area contributed by atoms with Crippen LogP contribution in [0.5, 0.6) is 0 Å². The van der Waals surface area contributed by atoms with E-state index in [2.05, 4.69) is 36.1 Å². The van der Waals surface area contributed by atoms with Crippen LogP contribution < -0.4 is 0 Å². The standard InChI is InChI=1S/C26H31FN4O/c1-18(2)26(32)29(4)17-24-23-16-30(15-20-7-9-21(27)10-8-20)14-13-25(23)31(28-24)22-11-5-19(3)6-12-22/h5-12,18H,13-17H2,1-4H3. The Labute approximate surface area is 189 Å². The fraction of sp³-hybridized carbons (Fsp3) is 0.385. The smallest absolute Gasteiger partial charge is 0.225 e. The minimum absolute atomic E-state index is 0.0509. The maximum Gasteiger partial charge on any atom is 0.225 e. The summed E-state index contributed by atoms with van der Waals surface area (Å²) in [5.41, 5.74) is 6.70. The number of rotatable bonds is 6. The van der Waals surface area contributed by atoms with Crippen molar-refractivity contribution in [3.05, 3.63) is 82.4 Å². The lowest BCUT2D eigenvalue weighted by atomic mass is 10.0. The lowest BCUT2D eigenvalue weighted by Crippen LogP contribution is -2.33. The highest BCUT2D eigenvalue weighted by molar-refractivity contribution is 5.77. The van der Waals surface area contributed by atoms with E-state index < -0.39 is 0 Å². The number of halogens is 1. The molecule has 0 atom stereocenters. The topological polar surface area (TPSA) is 41.4 Å². The van der Waals surface area contributed by atoms with Gasteiger partial charge in [0.1, 0.15) is 5.82 Å². The minimum Gasteiger partial charge on any atom is -0.340 e. The molecule has 0 N–H and O–H groups in total. The molecular formula is C26H31FN4O. The van der Waals surface area contributed by atoms with Gasteiger partial charge in [-0.25, -0.2) is 9.07 Å². The zero-order chi connectivity index (χ0) is 22.8. The highest BCUT2D eigenvalue weighted by atomic mass is 19.1. The first-order chi connectivity index (χ1) is 15.3. The molecule has 6 heteroatoms. The number of benzene rings is 2. The van der Waals surface area contributed by atoms with Crippen molar-refractivity contribution in [3.63, 3.8) is 0 Å². The minimum atomic E-state index is -0.214. The first-order valence-corrected chi connectivity index (χ1v) is 11.2. The molecule has 0 fully saturated rings. The predicted molar refractivity (Wildman–Crippen MR) is 124 cm³/mol. The molecule has 0 bridgehead atoms. The Kier molecular flexibility index (Phi) is 6.42. The van der Waals surface area contributed by atoms with Gasteiger partial charge in [0.25, 0.3) is 0 Å². The van der Waals surface area contributed by atoms with Crippen LogP contribution in [0.2, 0.25) is 0 Å². The van der Waals surface area contributed by atoms with E-state index in [0.29, 0.717) is 6.54 Å². The summed E-state index contributed by atoms with van der Waals surface area (Å²) in [5.74, 6) is -0.151. The number of aromatic nitrogens is 2. The third-order valence-electron chi connectivity index (χ3n) is 6.07. The zero-order valence-corrected chi connectivity index (χ0v) is 19.3. The fourth-order valence-corrected chi connectivity index (χ4v) is 4.29. The first-order valence-electron chi connectivity index (χ1n) is 11.2. The molecule has 4 rings (SSSR count). The van der Waals surface area contributed by atoms with Gasteiger partial charge >= 0.3 is 0 Å². The molecule has 32 heavy (non-hydrogen) atoms. The molecule has 3 aromatic rings. The third kappa shape index (κ3) is 4.75. The van der Waals surface area contributed by atoms with E-state index in [1.54, 1.807) is 4.90 Å². The maximum absolute atomic E-state index is 13.3. The van der Waals surface area contributed by atoms with Crippen LogP contribution >= 0.6 is 0 Å². The van der Waals surface area contributed by atoms with E-state index in [9.17, 15) is 9.18 Å². The largest absolute Gasteiger partial charge is 0.340 e. The number of amides is 1. The summed E-state index contributed by atoms with van der Waals surface area (Å²) in [5, 5.41) is 4.97. The number of hydrogen-bond donors (Lipinski definition) is 0. The van der Waals surface area contributed by atoms with Crippen molar-refractivity contribution >= 4 is 5.91 Å². The van der Waals surface area contributed by atoms with E-state index >= 15 is 0 Å². The Hall–Kier alpha value is -2.99. The van der Waals surface area contributed by atoms with E-state index in [0.717, 1.165) is 43.0 Å². The highest BCUT2D eigenvalue weighted by Gasteiger charge is 2.27. The molecule has 1 aromatic heterocycles. The third-order valence-corrected chi connectivity index (χ3v) is 6.07. The number of fused-ring (bicyclic) bond motifs is 1. The van der Waals surface area contributed by atoms with Crippen molar-refractivity contribution in [1.82, 2.24) is 19.6 Å². The highest BCUT2D eigenvalue weighted by Crippen LogP contribution is 2.27. The number of nitrogens with zero attached hydrogens (tertiary/aromatic N) is 4. The van der Waals surface area contributed by atoms with Gasteiger partial charge in [-0.2, -0.15) is 5.10 Å². The molecule has 0 radical (unpaired) electrons. The van der Waals surface area contributed by atoms with Gasteiger partial charge in [0, 0.05) is 44.6 Å². The van der Waals surface area contributed by atoms with Gasteiger partial charge in [-0.15, -0.1) is 0 Å². The van der Waals surface area contributed by atoms with Crippen LogP contribution in [0.1, 0.15) is 41.9 Å². The lowest BCUT2D eigenvalue weighted by Gasteiger charge is -2.28. The molecule has 1 aliphatic rings. The Morgan fingerprint density at radius 3 is 2.47 bits per heavy atom. The monoisotopic (exact) mass is 434 g/mol.